The maximum absolute atomic E-state index is 13.6. The van der Waals surface area contributed by atoms with E-state index < -0.39 is 5.92 Å². The molecule has 1 aromatic rings. The van der Waals surface area contributed by atoms with Gasteiger partial charge in [0, 0.05) is 53.9 Å². The lowest BCUT2D eigenvalue weighted by atomic mass is 9.63. The van der Waals surface area contributed by atoms with Crippen LogP contribution in [0.25, 0.3) is 0 Å². The topological polar surface area (TPSA) is 66.8 Å². The molecule has 0 radical (unpaired) electrons. The minimum Gasteiger partial charge on any atom is -0.504 e. The van der Waals surface area contributed by atoms with Crippen molar-refractivity contribution in [3.63, 3.8) is 0 Å². The Hall–Kier alpha value is -2.82. The molecule has 5 heteroatoms. The number of aromatic hydroxyl groups is 1. The fourth-order valence-corrected chi connectivity index (χ4v) is 5.82. The molecule has 33 heavy (non-hydrogen) atoms. The molecule has 0 amide bonds. The number of rotatable bonds is 4. The molecule has 2 aliphatic carbocycles. The predicted molar refractivity (Wildman–Crippen MR) is 129 cm³/mol. The summed E-state index contributed by atoms with van der Waals surface area (Å²) in [4.78, 5) is 29.3. The van der Waals surface area contributed by atoms with Gasteiger partial charge in [0.2, 0.25) is 0 Å². The van der Waals surface area contributed by atoms with Crippen LogP contribution in [0.15, 0.2) is 47.3 Å². The van der Waals surface area contributed by atoms with Crippen molar-refractivity contribution >= 4 is 11.6 Å². The normalized spacial score (nSPS) is 22.3. The van der Waals surface area contributed by atoms with Crippen LogP contribution in [-0.2, 0) is 16.0 Å². The largest absolute Gasteiger partial charge is 0.504 e. The second-order valence-corrected chi connectivity index (χ2v) is 11.3. The van der Waals surface area contributed by atoms with E-state index >= 15 is 0 Å². The minimum atomic E-state index is -0.448. The first kappa shape index (κ1) is 23.3. The average molecular weight is 450 g/mol. The van der Waals surface area contributed by atoms with Crippen LogP contribution in [0.4, 0.5) is 0 Å². The van der Waals surface area contributed by atoms with Gasteiger partial charge in [-0.05, 0) is 41.7 Å². The standard InChI is InChI=1S/C28H35NO4/c1-8-9-16-10-17(11-22(33-7)26(16)32)23-24-18(12-27(2,3)14-20(24)30)29(6)19-13-28(4,5)15-21(31)25(19)23/h8,10-11,23,32H,1,9,12-15H2,2-7H3. The lowest BCUT2D eigenvalue weighted by Crippen LogP contribution is -2.43. The summed E-state index contributed by atoms with van der Waals surface area (Å²) in [6.07, 6.45) is 4.65. The van der Waals surface area contributed by atoms with Crippen LogP contribution in [0.5, 0.6) is 11.5 Å². The number of nitrogens with zero attached hydrogens (tertiary/aromatic N) is 1. The maximum Gasteiger partial charge on any atom is 0.162 e. The highest BCUT2D eigenvalue weighted by Gasteiger charge is 2.48. The van der Waals surface area contributed by atoms with Gasteiger partial charge in [-0.2, -0.15) is 0 Å². The number of methoxy groups -OCH3 is 1. The molecule has 0 spiro atoms. The number of hydrogen-bond acceptors (Lipinski definition) is 5. The minimum absolute atomic E-state index is 0.0738. The van der Waals surface area contributed by atoms with Gasteiger partial charge in [0.05, 0.1) is 7.11 Å². The fourth-order valence-electron chi connectivity index (χ4n) is 5.82. The van der Waals surface area contributed by atoms with E-state index in [9.17, 15) is 14.7 Å². The summed E-state index contributed by atoms with van der Waals surface area (Å²) in [5.74, 6) is 0.167. The lowest BCUT2D eigenvalue weighted by molar-refractivity contribution is -0.119. The van der Waals surface area contributed by atoms with Crippen LogP contribution in [0, 0.1) is 10.8 Å². The van der Waals surface area contributed by atoms with Gasteiger partial charge in [0.15, 0.2) is 23.1 Å². The molecule has 5 nitrogen and oxygen atoms in total. The van der Waals surface area contributed by atoms with Crippen molar-refractivity contribution in [2.45, 2.75) is 65.7 Å². The van der Waals surface area contributed by atoms with Crippen LogP contribution in [-0.4, -0.2) is 35.7 Å². The molecule has 3 aliphatic rings. The number of phenols is 1. The Labute approximate surface area is 196 Å². The number of carbonyl (C=O) groups excluding carboxylic acids is 2. The van der Waals surface area contributed by atoms with Gasteiger partial charge in [-0.15, -0.1) is 6.58 Å². The van der Waals surface area contributed by atoms with Crippen LogP contribution in [0.2, 0.25) is 0 Å². The van der Waals surface area contributed by atoms with E-state index in [4.69, 9.17) is 4.74 Å². The quantitative estimate of drug-likeness (QED) is 0.620. The van der Waals surface area contributed by atoms with Crippen molar-refractivity contribution in [2.24, 2.45) is 10.8 Å². The van der Waals surface area contributed by atoms with Gasteiger partial charge < -0.3 is 14.7 Å². The van der Waals surface area contributed by atoms with Crippen molar-refractivity contribution in [3.8, 4) is 11.5 Å². The van der Waals surface area contributed by atoms with E-state index in [-0.39, 0.29) is 28.1 Å². The predicted octanol–water partition coefficient (Wildman–Crippen LogP) is 5.44. The molecule has 0 bridgehead atoms. The number of hydrogen-bond donors (Lipinski definition) is 1. The van der Waals surface area contributed by atoms with E-state index in [1.165, 1.54) is 7.11 Å². The summed E-state index contributed by atoms with van der Waals surface area (Å²) in [5.41, 5.74) is 4.70. The van der Waals surface area contributed by atoms with Crippen molar-refractivity contribution in [3.05, 3.63) is 58.5 Å². The second kappa shape index (κ2) is 7.89. The van der Waals surface area contributed by atoms with Gasteiger partial charge in [0.25, 0.3) is 0 Å². The third-order valence-corrected chi connectivity index (χ3v) is 7.27. The lowest BCUT2D eigenvalue weighted by Gasteiger charge is -2.48. The molecule has 4 rings (SSSR count). The number of benzene rings is 1. The Morgan fingerprint density at radius 2 is 1.55 bits per heavy atom. The molecular weight excluding hydrogens is 414 g/mol. The molecule has 0 atom stereocenters. The first-order valence-corrected chi connectivity index (χ1v) is 11.7. The first-order chi connectivity index (χ1) is 15.4. The number of phenolic OH excluding ortho intramolecular Hbond substituents is 1. The summed E-state index contributed by atoms with van der Waals surface area (Å²) in [7, 11) is 3.52. The Morgan fingerprint density at radius 3 is 2.00 bits per heavy atom. The highest BCUT2D eigenvalue weighted by Crippen LogP contribution is 2.54. The van der Waals surface area contributed by atoms with Gasteiger partial charge in [-0.25, -0.2) is 0 Å². The molecule has 0 aromatic heterocycles. The van der Waals surface area contributed by atoms with E-state index in [1.54, 1.807) is 12.1 Å². The summed E-state index contributed by atoms with van der Waals surface area (Å²) in [6, 6.07) is 3.69. The molecule has 1 heterocycles. The molecule has 0 saturated carbocycles. The molecule has 1 aliphatic heterocycles. The van der Waals surface area contributed by atoms with Crippen LogP contribution >= 0.6 is 0 Å². The molecule has 0 fully saturated rings. The van der Waals surface area contributed by atoms with Crippen LogP contribution in [0.3, 0.4) is 0 Å². The summed E-state index contributed by atoms with van der Waals surface area (Å²) in [6.45, 7) is 12.3. The van der Waals surface area contributed by atoms with E-state index in [2.05, 4.69) is 39.2 Å². The monoisotopic (exact) mass is 449 g/mol. The molecule has 1 N–H and O–H groups in total. The van der Waals surface area contributed by atoms with Crippen molar-refractivity contribution in [1.29, 1.82) is 0 Å². The third kappa shape index (κ3) is 3.92. The molecule has 176 valence electrons. The van der Waals surface area contributed by atoms with Gasteiger partial charge in [0.1, 0.15) is 0 Å². The Balaban J connectivity index is 2.01. The van der Waals surface area contributed by atoms with Crippen LogP contribution in [0.1, 0.15) is 70.4 Å². The van der Waals surface area contributed by atoms with Crippen molar-refractivity contribution in [2.75, 3.05) is 14.2 Å². The van der Waals surface area contributed by atoms with Gasteiger partial charge >= 0.3 is 0 Å². The third-order valence-electron chi connectivity index (χ3n) is 7.27. The number of ether oxygens (including phenoxy) is 1. The smallest absolute Gasteiger partial charge is 0.162 e. The van der Waals surface area contributed by atoms with Crippen LogP contribution < -0.4 is 4.74 Å². The number of allylic oxidation sites excluding steroid dienone is 5. The number of carbonyl (C=O) groups is 2. The zero-order valence-corrected chi connectivity index (χ0v) is 20.7. The van der Waals surface area contributed by atoms with Gasteiger partial charge in [-0.3, -0.25) is 9.59 Å². The molecule has 1 aromatic carbocycles. The number of ketones is 2. The summed E-state index contributed by atoms with van der Waals surface area (Å²) in [5, 5.41) is 10.7. The van der Waals surface area contributed by atoms with E-state index in [0.717, 1.165) is 40.9 Å². The Bertz CT molecular complexity index is 1060. The highest BCUT2D eigenvalue weighted by molar-refractivity contribution is 6.06. The van der Waals surface area contributed by atoms with Gasteiger partial charge in [-0.1, -0.05) is 39.8 Å². The molecule has 0 saturated heterocycles. The maximum atomic E-state index is 13.6. The first-order valence-electron chi connectivity index (χ1n) is 11.7. The SMILES string of the molecule is C=CCc1cc(C2C3=C(CC(C)(C)CC3=O)N(C)C3=C2C(=O)CC(C)(C)C3)cc(OC)c1O. The second-order valence-electron chi connectivity index (χ2n) is 11.3. The summed E-state index contributed by atoms with van der Waals surface area (Å²) >= 11 is 0. The zero-order chi connectivity index (χ0) is 24.3. The Kier molecular flexibility index (Phi) is 5.58. The van der Waals surface area contributed by atoms with Crippen molar-refractivity contribution < 1.29 is 19.4 Å². The number of Topliss-reactive ketones (excluding diaryl/α,β-unsaturated/α-hetero) is 2. The summed E-state index contributed by atoms with van der Waals surface area (Å²) < 4.78 is 5.48. The fraction of sp³-hybridized carbons (Fsp3) is 0.500. The average Bonchev–Trinajstić information content (AvgIpc) is 2.70. The molecular formula is C28H35NO4. The van der Waals surface area contributed by atoms with Crippen molar-refractivity contribution in [1.82, 2.24) is 4.90 Å². The van der Waals surface area contributed by atoms with E-state index in [1.807, 2.05) is 13.1 Å². The molecule has 0 unspecified atom stereocenters. The van der Waals surface area contributed by atoms with E-state index in [0.29, 0.717) is 30.6 Å². The zero-order valence-electron chi connectivity index (χ0n) is 20.7. The Morgan fingerprint density at radius 1 is 1.03 bits per heavy atom. The highest BCUT2D eigenvalue weighted by atomic mass is 16.5.